The second-order valence-electron chi connectivity index (χ2n) is 13.7. The number of amides is 1. The molecule has 1 N–H and O–H groups in total. The Balaban J connectivity index is 3.84. The summed E-state index contributed by atoms with van der Waals surface area (Å²) in [5.74, 6) is -0.167. The topological polar surface area (TPSA) is 102 Å². The predicted octanol–water partition coefficient (Wildman–Crippen LogP) is 5.17. The zero-order valence-electron chi connectivity index (χ0n) is 30.7. The van der Waals surface area contributed by atoms with Gasteiger partial charge in [-0.1, -0.05) is 19.3 Å². The van der Waals surface area contributed by atoms with Crippen molar-refractivity contribution in [2.75, 3.05) is 94.4 Å². The number of esters is 1. The molecule has 0 aliphatic rings. The lowest BCUT2D eigenvalue weighted by atomic mass is 10.1. The third-order valence-electron chi connectivity index (χ3n) is 7.38. The SMILES string of the molecule is CO[Si](C)(C)O[Si](C)(C)CCCOCCOC(=O)CCCCCCCNC(=O)OC(C)CN(CCCN(C)C)CCCN(C)C. The average Bonchev–Trinajstić information content (AvgIpc) is 2.92. The first-order chi connectivity index (χ1) is 21.2. The van der Waals surface area contributed by atoms with Crippen molar-refractivity contribution >= 4 is 28.9 Å². The van der Waals surface area contributed by atoms with E-state index < -0.39 is 16.9 Å². The quantitative estimate of drug-likeness (QED) is 0.0648. The number of ether oxygens (including phenoxy) is 3. The molecule has 0 saturated heterocycles. The standard InChI is InChI=1S/C32H70N4O7Si2/c1-30(29-36(23-16-21-34(2)3)24-17-22-35(4)5)42-32(38)33-20-15-13-11-12-14-19-31(37)41-27-26-40-25-18-28-44(7,8)43-45(9,10)39-6/h30H,11-29H2,1-10H3,(H,33,38). The Kier molecular flexibility index (Phi) is 25.3. The Morgan fingerprint density at radius 1 is 0.756 bits per heavy atom. The van der Waals surface area contributed by atoms with E-state index in [0.717, 1.165) is 90.1 Å². The van der Waals surface area contributed by atoms with Crippen molar-refractivity contribution in [1.29, 1.82) is 0 Å². The summed E-state index contributed by atoms with van der Waals surface area (Å²) in [6, 6.07) is 1.01. The van der Waals surface area contributed by atoms with E-state index in [4.69, 9.17) is 22.8 Å². The van der Waals surface area contributed by atoms with Crippen molar-refractivity contribution in [1.82, 2.24) is 20.0 Å². The van der Waals surface area contributed by atoms with Crippen LogP contribution < -0.4 is 5.32 Å². The Hall–Kier alpha value is -1.07. The fraction of sp³-hybridized carbons (Fsp3) is 0.938. The van der Waals surface area contributed by atoms with Crippen molar-refractivity contribution in [3.8, 4) is 0 Å². The van der Waals surface area contributed by atoms with Gasteiger partial charge < -0.3 is 37.9 Å². The third kappa shape index (κ3) is 28.9. The number of rotatable bonds is 29. The molecule has 0 aromatic rings. The number of carbonyl (C=O) groups is 2. The van der Waals surface area contributed by atoms with Crippen LogP contribution in [0.25, 0.3) is 0 Å². The Bertz CT molecular complexity index is 747. The first kappa shape index (κ1) is 43.9. The molecule has 45 heavy (non-hydrogen) atoms. The van der Waals surface area contributed by atoms with Gasteiger partial charge in [-0.05, 0) is 126 Å². The van der Waals surface area contributed by atoms with Crippen LogP contribution in [-0.4, -0.2) is 144 Å². The van der Waals surface area contributed by atoms with Crippen LogP contribution in [0.3, 0.4) is 0 Å². The minimum atomic E-state index is -2.01. The molecular formula is C32H70N4O7Si2. The van der Waals surface area contributed by atoms with Gasteiger partial charge in [0.2, 0.25) is 0 Å². The van der Waals surface area contributed by atoms with E-state index in [1.165, 1.54) is 0 Å². The van der Waals surface area contributed by atoms with Crippen molar-refractivity contribution in [3.63, 3.8) is 0 Å². The number of carbonyl (C=O) groups excluding carboxylic acids is 2. The maximum absolute atomic E-state index is 12.3. The van der Waals surface area contributed by atoms with Crippen molar-refractivity contribution in [2.24, 2.45) is 0 Å². The van der Waals surface area contributed by atoms with Gasteiger partial charge in [0.1, 0.15) is 12.7 Å². The monoisotopic (exact) mass is 678 g/mol. The summed E-state index contributed by atoms with van der Waals surface area (Å²) in [6.07, 6.45) is 7.74. The summed E-state index contributed by atoms with van der Waals surface area (Å²) >= 11 is 0. The van der Waals surface area contributed by atoms with E-state index in [2.05, 4.69) is 74.4 Å². The van der Waals surface area contributed by atoms with Gasteiger partial charge in [0.25, 0.3) is 0 Å². The summed E-state index contributed by atoms with van der Waals surface area (Å²) in [7, 11) is 6.32. The highest BCUT2D eigenvalue weighted by Crippen LogP contribution is 2.20. The smallest absolute Gasteiger partial charge is 0.407 e. The van der Waals surface area contributed by atoms with Gasteiger partial charge in [0.15, 0.2) is 8.32 Å². The van der Waals surface area contributed by atoms with Gasteiger partial charge in [0.05, 0.1) is 6.61 Å². The number of nitrogens with zero attached hydrogens (tertiary/aromatic N) is 3. The molecule has 1 atom stereocenters. The van der Waals surface area contributed by atoms with Gasteiger partial charge in [-0.3, -0.25) is 9.69 Å². The molecule has 0 fully saturated rings. The van der Waals surface area contributed by atoms with Crippen molar-refractivity contribution in [2.45, 2.75) is 103 Å². The van der Waals surface area contributed by atoms with Gasteiger partial charge in [-0.2, -0.15) is 0 Å². The first-order valence-electron chi connectivity index (χ1n) is 17.1. The zero-order valence-corrected chi connectivity index (χ0v) is 32.7. The summed E-state index contributed by atoms with van der Waals surface area (Å²) < 4.78 is 28.3. The molecule has 0 rings (SSSR count). The van der Waals surface area contributed by atoms with Gasteiger partial charge in [0, 0.05) is 33.2 Å². The van der Waals surface area contributed by atoms with Crippen LogP contribution in [0.1, 0.15) is 64.7 Å². The van der Waals surface area contributed by atoms with Gasteiger partial charge in [-0.25, -0.2) is 4.79 Å². The van der Waals surface area contributed by atoms with Crippen molar-refractivity contribution in [3.05, 3.63) is 0 Å². The summed E-state index contributed by atoms with van der Waals surface area (Å²) in [4.78, 5) is 31.1. The molecule has 0 aliphatic carbocycles. The van der Waals surface area contributed by atoms with Crippen LogP contribution in [0.4, 0.5) is 4.79 Å². The molecular weight excluding hydrogens is 609 g/mol. The molecule has 13 heteroatoms. The maximum Gasteiger partial charge on any atom is 0.407 e. The number of hydrogen-bond donors (Lipinski definition) is 1. The van der Waals surface area contributed by atoms with E-state index in [1.54, 1.807) is 7.11 Å². The van der Waals surface area contributed by atoms with Crippen LogP contribution in [0, 0.1) is 0 Å². The number of hydrogen-bond acceptors (Lipinski definition) is 10. The number of alkyl carbamates (subject to hydrolysis) is 1. The first-order valence-corrected chi connectivity index (χ1v) is 23.0. The highest BCUT2D eigenvalue weighted by molar-refractivity contribution is 6.82. The highest BCUT2D eigenvalue weighted by atomic mass is 28.4. The lowest BCUT2D eigenvalue weighted by Gasteiger charge is -2.32. The Morgan fingerprint density at radius 3 is 1.96 bits per heavy atom. The zero-order chi connectivity index (χ0) is 34.1. The molecule has 0 bridgehead atoms. The normalized spacial score (nSPS) is 13.1. The molecule has 268 valence electrons. The van der Waals surface area contributed by atoms with E-state index in [9.17, 15) is 9.59 Å². The van der Waals surface area contributed by atoms with E-state index in [0.29, 0.717) is 32.8 Å². The molecule has 0 aliphatic heterocycles. The summed E-state index contributed by atoms with van der Waals surface area (Å²) in [6.45, 7) is 17.4. The Labute approximate surface area is 278 Å². The second kappa shape index (κ2) is 26.0. The molecule has 0 radical (unpaired) electrons. The molecule has 0 aromatic carbocycles. The predicted molar refractivity (Wildman–Crippen MR) is 189 cm³/mol. The van der Waals surface area contributed by atoms with E-state index in [1.807, 2.05) is 6.92 Å². The average molecular weight is 679 g/mol. The van der Waals surface area contributed by atoms with Crippen LogP contribution in [0.2, 0.25) is 32.2 Å². The Morgan fingerprint density at radius 2 is 1.36 bits per heavy atom. The lowest BCUT2D eigenvalue weighted by molar-refractivity contribution is -0.145. The molecule has 1 amide bonds. The fourth-order valence-electron chi connectivity index (χ4n) is 5.00. The number of unbranched alkanes of at least 4 members (excludes halogenated alkanes) is 4. The van der Waals surface area contributed by atoms with E-state index >= 15 is 0 Å². The van der Waals surface area contributed by atoms with Crippen molar-refractivity contribution < 1.29 is 32.3 Å². The van der Waals surface area contributed by atoms with Gasteiger partial charge >= 0.3 is 20.6 Å². The molecule has 0 aromatic heterocycles. The van der Waals surface area contributed by atoms with E-state index in [-0.39, 0.29) is 18.2 Å². The molecule has 0 heterocycles. The largest absolute Gasteiger partial charge is 0.463 e. The second-order valence-corrected chi connectivity index (χ2v) is 21.7. The lowest BCUT2D eigenvalue weighted by Crippen LogP contribution is -2.45. The molecule has 1 unspecified atom stereocenters. The van der Waals surface area contributed by atoms with Crippen LogP contribution >= 0.6 is 0 Å². The number of nitrogens with one attached hydrogen (secondary N) is 1. The fourth-order valence-corrected chi connectivity index (χ4v) is 12.1. The minimum absolute atomic E-state index is 0.163. The summed E-state index contributed by atoms with van der Waals surface area (Å²) in [5.41, 5.74) is 0. The molecule has 0 spiro atoms. The highest BCUT2D eigenvalue weighted by Gasteiger charge is 2.33. The van der Waals surface area contributed by atoms with Gasteiger partial charge in [-0.15, -0.1) is 0 Å². The van der Waals surface area contributed by atoms with Crippen LogP contribution in [0.5, 0.6) is 0 Å². The van der Waals surface area contributed by atoms with Crippen LogP contribution in [-0.2, 0) is 27.5 Å². The minimum Gasteiger partial charge on any atom is -0.463 e. The summed E-state index contributed by atoms with van der Waals surface area (Å²) in [5, 5.41) is 2.89. The molecule has 0 saturated carbocycles. The third-order valence-corrected chi connectivity index (χ3v) is 14.1. The van der Waals surface area contributed by atoms with Crippen LogP contribution in [0.15, 0.2) is 0 Å². The maximum atomic E-state index is 12.3. The molecule has 11 nitrogen and oxygen atoms in total.